The van der Waals surface area contributed by atoms with Gasteiger partial charge in [0.25, 0.3) is 5.91 Å². The van der Waals surface area contributed by atoms with Gasteiger partial charge in [0.2, 0.25) is 0 Å². The summed E-state index contributed by atoms with van der Waals surface area (Å²) in [5.41, 5.74) is 2.55. The number of aromatic nitrogens is 1. The predicted molar refractivity (Wildman–Crippen MR) is 117 cm³/mol. The van der Waals surface area contributed by atoms with E-state index in [0.29, 0.717) is 37.8 Å². The minimum Gasteiger partial charge on any atom is -0.495 e. The zero-order valence-electron chi connectivity index (χ0n) is 16.0. The molecule has 0 atom stereocenters. The third-order valence-corrected chi connectivity index (χ3v) is 5.33. The van der Waals surface area contributed by atoms with Crippen molar-refractivity contribution in [3.05, 3.63) is 63.6 Å². The second-order valence-corrected chi connectivity index (χ2v) is 7.56. The normalized spacial score (nSPS) is 10.3. The highest BCUT2D eigenvalue weighted by atomic mass is 35.5. The van der Waals surface area contributed by atoms with Crippen molar-refractivity contribution in [3.63, 3.8) is 0 Å². The molecule has 0 saturated heterocycles. The predicted octanol–water partition coefficient (Wildman–Crippen LogP) is 5.32. The Morgan fingerprint density at radius 3 is 2.55 bits per heavy atom. The van der Waals surface area contributed by atoms with Crippen molar-refractivity contribution < 1.29 is 14.3 Å². The van der Waals surface area contributed by atoms with Crippen LogP contribution in [0.4, 0.5) is 21.3 Å². The Hall–Kier alpha value is -3.10. The molecule has 7 nitrogen and oxygen atoms in total. The van der Waals surface area contributed by atoms with Gasteiger partial charge in [0, 0.05) is 10.7 Å². The van der Waals surface area contributed by atoms with Gasteiger partial charge in [-0.1, -0.05) is 41.1 Å². The molecule has 0 aliphatic heterocycles. The third-order valence-electron chi connectivity index (χ3n) is 4.03. The molecule has 0 spiro atoms. The maximum atomic E-state index is 12.6. The molecule has 29 heavy (non-hydrogen) atoms. The maximum absolute atomic E-state index is 12.6. The number of thiazole rings is 1. The molecule has 0 saturated carbocycles. The van der Waals surface area contributed by atoms with E-state index in [9.17, 15) is 9.59 Å². The maximum Gasteiger partial charge on any atom is 0.325 e. The van der Waals surface area contributed by atoms with Crippen LogP contribution < -0.4 is 20.7 Å². The molecule has 0 aliphatic carbocycles. The molecular formula is C20H19ClN4O3S. The minimum absolute atomic E-state index is 0.308. The van der Waals surface area contributed by atoms with E-state index >= 15 is 0 Å². The van der Waals surface area contributed by atoms with Crippen LogP contribution in [0.5, 0.6) is 5.75 Å². The molecule has 0 unspecified atom stereocenters. The molecule has 3 N–H and O–H groups in total. The summed E-state index contributed by atoms with van der Waals surface area (Å²) in [5.74, 6) is 0.221. The summed E-state index contributed by atoms with van der Waals surface area (Å²) in [6.45, 7) is 3.58. The molecule has 0 fully saturated rings. The van der Waals surface area contributed by atoms with E-state index in [0.717, 1.165) is 16.9 Å². The van der Waals surface area contributed by atoms with E-state index in [2.05, 4.69) is 20.9 Å². The SMILES string of the molecule is COc1ccccc1NC(=O)Nc1nc(C)c(C(=O)Nc2cc(Cl)ccc2C)s1. The first-order valence-corrected chi connectivity index (χ1v) is 9.82. The number of benzene rings is 2. The first-order valence-electron chi connectivity index (χ1n) is 8.63. The number of hydrogen-bond donors (Lipinski definition) is 3. The van der Waals surface area contributed by atoms with Crippen molar-refractivity contribution in [2.75, 3.05) is 23.1 Å². The fourth-order valence-electron chi connectivity index (χ4n) is 2.57. The van der Waals surface area contributed by atoms with Gasteiger partial charge >= 0.3 is 6.03 Å². The van der Waals surface area contributed by atoms with Crippen LogP contribution in [-0.2, 0) is 0 Å². The Morgan fingerprint density at radius 1 is 1.03 bits per heavy atom. The van der Waals surface area contributed by atoms with Crippen molar-refractivity contribution in [2.24, 2.45) is 0 Å². The lowest BCUT2D eigenvalue weighted by atomic mass is 10.2. The van der Waals surface area contributed by atoms with Crippen LogP contribution in [0.2, 0.25) is 5.02 Å². The van der Waals surface area contributed by atoms with E-state index in [1.54, 1.807) is 43.3 Å². The fraction of sp³-hybridized carbons (Fsp3) is 0.150. The second-order valence-electron chi connectivity index (χ2n) is 6.13. The molecule has 3 rings (SSSR count). The number of nitrogens with one attached hydrogen (secondary N) is 3. The Balaban J connectivity index is 1.70. The Labute approximate surface area is 177 Å². The van der Waals surface area contributed by atoms with Gasteiger partial charge in [0.15, 0.2) is 5.13 Å². The van der Waals surface area contributed by atoms with Crippen molar-refractivity contribution >= 4 is 51.4 Å². The fourth-order valence-corrected chi connectivity index (χ4v) is 3.60. The van der Waals surface area contributed by atoms with E-state index < -0.39 is 6.03 Å². The summed E-state index contributed by atoms with van der Waals surface area (Å²) in [6.07, 6.45) is 0. The Bertz CT molecular complexity index is 1070. The number of halogens is 1. The first-order chi connectivity index (χ1) is 13.9. The second kappa shape index (κ2) is 8.93. The van der Waals surface area contributed by atoms with E-state index in [1.807, 2.05) is 13.0 Å². The lowest BCUT2D eigenvalue weighted by molar-refractivity contribution is 0.102. The number of carbonyl (C=O) groups excluding carboxylic acids is 2. The van der Waals surface area contributed by atoms with E-state index in [4.69, 9.17) is 16.3 Å². The van der Waals surface area contributed by atoms with Gasteiger partial charge in [-0.05, 0) is 43.7 Å². The number of para-hydroxylation sites is 2. The highest BCUT2D eigenvalue weighted by Crippen LogP contribution is 2.27. The smallest absolute Gasteiger partial charge is 0.325 e. The molecule has 3 amide bonds. The highest BCUT2D eigenvalue weighted by molar-refractivity contribution is 7.17. The molecule has 0 radical (unpaired) electrons. The average molecular weight is 431 g/mol. The van der Waals surface area contributed by atoms with Crippen LogP contribution in [0.1, 0.15) is 20.9 Å². The van der Waals surface area contributed by atoms with Gasteiger partial charge in [-0.25, -0.2) is 9.78 Å². The largest absolute Gasteiger partial charge is 0.495 e. The van der Waals surface area contributed by atoms with Crippen molar-refractivity contribution in [2.45, 2.75) is 13.8 Å². The van der Waals surface area contributed by atoms with Crippen molar-refractivity contribution in [3.8, 4) is 5.75 Å². The highest BCUT2D eigenvalue weighted by Gasteiger charge is 2.18. The topological polar surface area (TPSA) is 92.3 Å². The molecule has 0 aliphatic rings. The van der Waals surface area contributed by atoms with Gasteiger partial charge in [-0.3, -0.25) is 10.1 Å². The number of aryl methyl sites for hydroxylation is 2. The molecular weight excluding hydrogens is 412 g/mol. The average Bonchev–Trinajstić information content (AvgIpc) is 3.05. The van der Waals surface area contributed by atoms with Gasteiger partial charge in [0.1, 0.15) is 10.6 Å². The van der Waals surface area contributed by atoms with Crippen molar-refractivity contribution in [1.29, 1.82) is 0 Å². The van der Waals surface area contributed by atoms with Gasteiger partial charge in [0.05, 0.1) is 18.5 Å². The first kappa shape index (κ1) is 20.6. The monoisotopic (exact) mass is 430 g/mol. The summed E-state index contributed by atoms with van der Waals surface area (Å²) in [7, 11) is 1.52. The summed E-state index contributed by atoms with van der Waals surface area (Å²) in [6, 6.07) is 11.8. The zero-order valence-corrected chi connectivity index (χ0v) is 17.6. The number of carbonyl (C=O) groups is 2. The summed E-state index contributed by atoms with van der Waals surface area (Å²) in [4.78, 5) is 29.6. The third kappa shape index (κ3) is 5.04. The number of methoxy groups -OCH3 is 1. The summed E-state index contributed by atoms with van der Waals surface area (Å²) in [5, 5.41) is 9.01. The molecule has 0 bridgehead atoms. The van der Waals surface area contributed by atoms with Crippen molar-refractivity contribution in [1.82, 2.24) is 4.98 Å². The molecule has 2 aromatic carbocycles. The lowest BCUT2D eigenvalue weighted by Gasteiger charge is -2.09. The number of rotatable bonds is 5. The number of urea groups is 1. The minimum atomic E-state index is -0.485. The Kier molecular flexibility index (Phi) is 6.36. The zero-order chi connectivity index (χ0) is 21.0. The number of hydrogen-bond acceptors (Lipinski definition) is 5. The van der Waals surface area contributed by atoms with Gasteiger partial charge in [-0.2, -0.15) is 0 Å². The van der Waals surface area contributed by atoms with Crippen LogP contribution in [0.25, 0.3) is 0 Å². The molecule has 1 aromatic heterocycles. The number of nitrogens with zero attached hydrogens (tertiary/aromatic N) is 1. The summed E-state index contributed by atoms with van der Waals surface area (Å²) < 4.78 is 5.21. The van der Waals surface area contributed by atoms with E-state index in [-0.39, 0.29) is 5.91 Å². The Morgan fingerprint density at radius 2 is 1.79 bits per heavy atom. The quantitative estimate of drug-likeness (QED) is 0.510. The van der Waals surface area contributed by atoms with Crippen LogP contribution in [0, 0.1) is 13.8 Å². The van der Waals surface area contributed by atoms with E-state index in [1.165, 1.54) is 7.11 Å². The van der Waals surface area contributed by atoms with Gasteiger partial charge < -0.3 is 15.4 Å². The molecule has 9 heteroatoms. The van der Waals surface area contributed by atoms with Crippen LogP contribution in [0.15, 0.2) is 42.5 Å². The standard InChI is InChI=1S/C20H19ClN4O3S/c1-11-8-9-13(21)10-15(11)23-18(26)17-12(2)22-20(29-17)25-19(27)24-14-6-4-5-7-16(14)28-3/h4-10H,1-3H3,(H,23,26)(H2,22,24,25,27). The molecule has 1 heterocycles. The van der Waals surface area contributed by atoms with Crippen LogP contribution in [-0.4, -0.2) is 24.0 Å². The molecule has 3 aromatic rings. The number of anilines is 3. The molecule has 150 valence electrons. The van der Waals surface area contributed by atoms with Crippen LogP contribution in [0.3, 0.4) is 0 Å². The number of amides is 3. The number of ether oxygens (including phenoxy) is 1. The van der Waals surface area contributed by atoms with Crippen LogP contribution >= 0.6 is 22.9 Å². The summed E-state index contributed by atoms with van der Waals surface area (Å²) >= 11 is 7.09. The lowest BCUT2D eigenvalue weighted by Crippen LogP contribution is -2.19. The van der Waals surface area contributed by atoms with Gasteiger partial charge in [-0.15, -0.1) is 0 Å².